The Kier molecular flexibility index (Phi) is 7.46. The normalized spacial score (nSPS) is 13.9. The second-order valence-electron chi connectivity index (χ2n) is 20.4. The van der Waals surface area contributed by atoms with E-state index in [4.69, 9.17) is 0 Å². The summed E-state index contributed by atoms with van der Waals surface area (Å²) in [7, 11) is 0. The lowest BCUT2D eigenvalue weighted by molar-refractivity contribution is 0.590. The molecule has 0 fully saturated rings. The van der Waals surface area contributed by atoms with Crippen molar-refractivity contribution in [2.24, 2.45) is 0 Å². The second-order valence-corrected chi connectivity index (χ2v) is 21.5. The molecule has 0 aliphatic carbocycles. The molecule has 0 bridgehead atoms. The predicted octanol–water partition coefficient (Wildman–Crippen LogP) is 13.1. The Morgan fingerprint density at radius 2 is 1.19 bits per heavy atom. The largest absolute Gasteiger partial charge is 0.302 e. The average molecular weight is 786 g/mol. The van der Waals surface area contributed by atoms with Gasteiger partial charge in [0, 0.05) is 37.9 Å². The SMILES string of the molecule is Cc1cc2c3c(c1)-n1c4sc5ccc(C(C)(C)C)cc5c4c4cccc(c41)B3c1c(n(-c3ccccc3C)c3cc(C(C)(C)C)ccc13)N2c1ccc(C(C)(C)C)cc1. The molecule has 0 N–H and O–H groups in total. The average Bonchev–Trinajstić information content (AvgIpc) is 3.83. The molecule has 292 valence electrons. The summed E-state index contributed by atoms with van der Waals surface area (Å²) >= 11 is 1.94. The van der Waals surface area contributed by atoms with Gasteiger partial charge in [-0.3, -0.25) is 9.47 Å². The van der Waals surface area contributed by atoms with Gasteiger partial charge in [-0.1, -0.05) is 129 Å². The van der Waals surface area contributed by atoms with Crippen LogP contribution in [-0.4, -0.2) is 15.8 Å². The van der Waals surface area contributed by atoms with Gasteiger partial charge in [0.1, 0.15) is 10.6 Å². The van der Waals surface area contributed by atoms with Crippen LogP contribution >= 0.6 is 11.3 Å². The Morgan fingerprint density at radius 3 is 1.90 bits per heavy atom. The van der Waals surface area contributed by atoms with E-state index in [2.05, 4.69) is 205 Å². The zero-order valence-corrected chi connectivity index (χ0v) is 37.1. The van der Waals surface area contributed by atoms with Gasteiger partial charge in [0.05, 0.1) is 16.7 Å². The summed E-state index contributed by atoms with van der Waals surface area (Å²) in [4.78, 5) is 3.95. The number of nitrogens with zero attached hydrogens (tertiary/aromatic N) is 3. The van der Waals surface area contributed by atoms with E-state index < -0.39 is 0 Å². The molecular formula is C54H52BN3S. The van der Waals surface area contributed by atoms with Crippen molar-refractivity contribution in [3.63, 3.8) is 0 Å². The van der Waals surface area contributed by atoms with Crippen LogP contribution in [0, 0.1) is 13.8 Å². The number of hydrogen-bond donors (Lipinski definition) is 0. The smallest absolute Gasteiger partial charge is 0.255 e. The Morgan fingerprint density at radius 1 is 0.525 bits per heavy atom. The zero-order valence-electron chi connectivity index (χ0n) is 36.3. The molecule has 0 amide bonds. The van der Waals surface area contributed by atoms with Crippen LogP contribution in [0.5, 0.6) is 0 Å². The first-order valence-electron chi connectivity index (χ1n) is 21.3. The van der Waals surface area contributed by atoms with Crippen LogP contribution in [-0.2, 0) is 16.2 Å². The lowest BCUT2D eigenvalue weighted by atomic mass is 9.34. The summed E-state index contributed by atoms with van der Waals surface area (Å²) in [6.45, 7) is 25.5. The van der Waals surface area contributed by atoms with Crippen molar-refractivity contribution in [3.05, 3.63) is 143 Å². The molecule has 9 aromatic rings. The van der Waals surface area contributed by atoms with E-state index in [1.165, 1.54) is 115 Å². The van der Waals surface area contributed by atoms with Crippen LogP contribution in [0.1, 0.15) is 90.1 Å². The number of fused-ring (bicyclic) bond motifs is 11. The third-order valence-corrected chi connectivity index (χ3v) is 14.5. The summed E-state index contributed by atoms with van der Waals surface area (Å²) < 4.78 is 6.60. The van der Waals surface area contributed by atoms with E-state index in [1.54, 1.807) is 0 Å². The summed E-state index contributed by atoms with van der Waals surface area (Å²) in [5.41, 5.74) is 18.4. The fraction of sp³-hybridized carbons (Fsp3) is 0.259. The molecule has 0 saturated heterocycles. The van der Waals surface area contributed by atoms with E-state index in [0.717, 1.165) is 0 Å². The topological polar surface area (TPSA) is 13.1 Å². The number of para-hydroxylation sites is 2. The van der Waals surface area contributed by atoms with Crippen molar-refractivity contribution in [2.75, 3.05) is 4.90 Å². The maximum absolute atomic E-state index is 2.65. The van der Waals surface area contributed by atoms with E-state index in [9.17, 15) is 0 Å². The first kappa shape index (κ1) is 36.6. The predicted molar refractivity (Wildman–Crippen MR) is 258 cm³/mol. The van der Waals surface area contributed by atoms with Crippen molar-refractivity contribution >= 4 is 93.7 Å². The summed E-state index contributed by atoms with van der Waals surface area (Å²) in [6, 6.07) is 44.9. The van der Waals surface area contributed by atoms with Gasteiger partial charge < -0.3 is 4.57 Å². The van der Waals surface area contributed by atoms with Crippen LogP contribution in [0.15, 0.2) is 115 Å². The van der Waals surface area contributed by atoms with Crippen molar-refractivity contribution < 1.29 is 0 Å². The summed E-state index contributed by atoms with van der Waals surface area (Å²) in [5.74, 6) is 1.23. The Bertz CT molecular complexity index is 3240. The highest BCUT2D eigenvalue weighted by molar-refractivity contribution is 7.26. The maximum atomic E-state index is 2.65. The minimum absolute atomic E-state index is 0.0100. The number of hydrogen-bond acceptors (Lipinski definition) is 2. The van der Waals surface area contributed by atoms with Crippen LogP contribution in [0.25, 0.3) is 53.5 Å². The molecule has 0 spiro atoms. The van der Waals surface area contributed by atoms with Crippen LogP contribution in [0.4, 0.5) is 17.2 Å². The molecule has 0 unspecified atom stereocenters. The van der Waals surface area contributed by atoms with Gasteiger partial charge in [0.25, 0.3) is 6.71 Å². The Labute approximate surface area is 353 Å². The lowest BCUT2D eigenvalue weighted by Crippen LogP contribution is -2.60. The van der Waals surface area contributed by atoms with Crippen LogP contribution in [0.2, 0.25) is 0 Å². The number of rotatable bonds is 2. The van der Waals surface area contributed by atoms with E-state index in [0.29, 0.717) is 0 Å². The second kappa shape index (κ2) is 12.0. The number of aryl methyl sites for hydroxylation is 2. The molecule has 6 aromatic carbocycles. The van der Waals surface area contributed by atoms with Gasteiger partial charge in [-0.2, -0.15) is 0 Å². The summed E-state index contributed by atoms with van der Waals surface area (Å²) in [6.07, 6.45) is 0. The number of benzene rings is 6. The standard InChI is InChI=1S/C54H52BN3S/c1-31-27-43-48-44(28-31)58-49-38(46-39-29-34(53(6,7)8)22-26-45(39)59-51(46)58)16-14-17-40(49)55(48)47-37-25-21-35(54(9,10)11)30-42(37)57(41-18-13-12-15-32(41)2)50(47)56(43)36-23-19-33(20-24-36)52(3,4)5/h12-30H,1-11H3. The van der Waals surface area contributed by atoms with Gasteiger partial charge >= 0.3 is 0 Å². The van der Waals surface area contributed by atoms with Gasteiger partial charge in [0.2, 0.25) is 0 Å². The lowest BCUT2D eigenvalue weighted by Gasteiger charge is -2.40. The van der Waals surface area contributed by atoms with Crippen LogP contribution < -0.4 is 21.3 Å². The van der Waals surface area contributed by atoms with Crippen molar-refractivity contribution in [1.29, 1.82) is 0 Å². The fourth-order valence-corrected chi connectivity index (χ4v) is 11.5. The van der Waals surface area contributed by atoms with Gasteiger partial charge in [0.15, 0.2) is 0 Å². The summed E-state index contributed by atoms with van der Waals surface area (Å²) in [5, 5.41) is 5.42. The van der Waals surface area contributed by atoms with Crippen molar-refractivity contribution in [3.8, 4) is 11.4 Å². The first-order chi connectivity index (χ1) is 28.0. The number of aromatic nitrogens is 2. The van der Waals surface area contributed by atoms with Gasteiger partial charge in [-0.15, -0.1) is 11.3 Å². The molecule has 3 nitrogen and oxygen atoms in total. The van der Waals surface area contributed by atoms with Crippen molar-refractivity contribution in [1.82, 2.24) is 9.13 Å². The quantitative estimate of drug-likeness (QED) is 0.159. The molecule has 0 saturated carbocycles. The minimum Gasteiger partial charge on any atom is -0.302 e. The number of anilines is 3. The van der Waals surface area contributed by atoms with E-state index in [1.807, 2.05) is 11.3 Å². The monoisotopic (exact) mass is 785 g/mol. The third-order valence-electron chi connectivity index (χ3n) is 13.4. The molecular weight excluding hydrogens is 733 g/mol. The molecule has 3 aromatic heterocycles. The molecule has 2 aliphatic rings. The molecule has 59 heavy (non-hydrogen) atoms. The van der Waals surface area contributed by atoms with Crippen LogP contribution in [0.3, 0.4) is 0 Å². The minimum atomic E-state index is -0.0100. The number of thiophene rings is 1. The molecule has 5 heterocycles. The van der Waals surface area contributed by atoms with Gasteiger partial charge in [-0.05, 0) is 128 Å². The third kappa shape index (κ3) is 5.13. The molecule has 5 heteroatoms. The van der Waals surface area contributed by atoms with Gasteiger partial charge in [-0.25, -0.2) is 0 Å². The highest BCUT2D eigenvalue weighted by Crippen LogP contribution is 2.48. The fourth-order valence-electron chi connectivity index (χ4n) is 10.2. The van der Waals surface area contributed by atoms with E-state index >= 15 is 0 Å². The Hall–Kier alpha value is -5.52. The zero-order chi connectivity index (χ0) is 41.1. The first-order valence-corrected chi connectivity index (χ1v) is 22.1. The highest BCUT2D eigenvalue weighted by atomic mass is 32.1. The van der Waals surface area contributed by atoms with Crippen molar-refractivity contribution in [2.45, 2.75) is 92.4 Å². The molecule has 2 aliphatic heterocycles. The molecule has 0 atom stereocenters. The maximum Gasteiger partial charge on any atom is 0.255 e. The highest BCUT2D eigenvalue weighted by Gasteiger charge is 2.46. The van der Waals surface area contributed by atoms with E-state index in [-0.39, 0.29) is 23.0 Å². The molecule has 0 radical (unpaired) electrons. The Balaban J connectivity index is 1.33. The molecule has 11 rings (SSSR count).